The molecule has 0 N–H and O–H groups in total. The molecule has 0 atom stereocenters. The standard InChI is InChI=1S/C15H16BrN5O/c1-19-4-6-20(7-5-19)14-15-18-13(22)9-21(15)12-8-10(16)2-3-11(12)17-14/h2-3,8H,4-7,9H2,1H3. The molecule has 7 heteroatoms. The summed E-state index contributed by atoms with van der Waals surface area (Å²) in [4.78, 5) is 27.4. The number of nitrogens with zero attached hydrogens (tertiary/aromatic N) is 5. The third-order valence-electron chi connectivity index (χ3n) is 4.24. The van der Waals surface area contributed by atoms with Gasteiger partial charge in [-0.3, -0.25) is 4.79 Å². The normalized spacial score (nSPS) is 21.5. The van der Waals surface area contributed by atoms with E-state index in [4.69, 9.17) is 4.99 Å². The Morgan fingerprint density at radius 1 is 1.09 bits per heavy atom. The van der Waals surface area contributed by atoms with Gasteiger partial charge in [0.2, 0.25) is 0 Å². The summed E-state index contributed by atoms with van der Waals surface area (Å²) in [6.45, 7) is 4.09. The number of halogens is 1. The number of carbonyl (C=O) groups excluding carboxylic acids is 1. The monoisotopic (exact) mass is 361 g/mol. The highest BCUT2D eigenvalue weighted by Gasteiger charge is 2.36. The number of piperazine rings is 1. The largest absolute Gasteiger partial charge is 0.351 e. The van der Waals surface area contributed by atoms with E-state index in [-0.39, 0.29) is 5.91 Å². The van der Waals surface area contributed by atoms with Gasteiger partial charge in [0.05, 0.1) is 11.4 Å². The first-order chi connectivity index (χ1) is 10.6. The molecule has 0 saturated carbocycles. The maximum Gasteiger partial charge on any atom is 0.267 e. The molecule has 0 aromatic heterocycles. The molecule has 1 amide bonds. The molecule has 3 aliphatic heterocycles. The SMILES string of the molecule is CN1CCN(C2=Nc3ccc(Br)cc3N3CC(=O)N=C23)CC1. The van der Waals surface area contributed by atoms with Crippen molar-refractivity contribution in [1.29, 1.82) is 0 Å². The number of hydrogen-bond donors (Lipinski definition) is 0. The van der Waals surface area contributed by atoms with E-state index in [1.165, 1.54) is 0 Å². The first-order valence-corrected chi connectivity index (χ1v) is 8.12. The van der Waals surface area contributed by atoms with E-state index >= 15 is 0 Å². The maximum absolute atomic E-state index is 11.9. The van der Waals surface area contributed by atoms with E-state index in [9.17, 15) is 4.79 Å². The van der Waals surface area contributed by atoms with E-state index in [1.54, 1.807) is 0 Å². The molecule has 22 heavy (non-hydrogen) atoms. The summed E-state index contributed by atoms with van der Waals surface area (Å²) >= 11 is 3.48. The number of likely N-dealkylation sites (N-methyl/N-ethyl adjacent to an activating group) is 1. The van der Waals surface area contributed by atoms with Gasteiger partial charge in [-0.25, -0.2) is 4.99 Å². The molecule has 114 valence electrons. The summed E-state index contributed by atoms with van der Waals surface area (Å²) in [6, 6.07) is 5.95. The van der Waals surface area contributed by atoms with Gasteiger partial charge in [0.1, 0.15) is 6.54 Å². The van der Waals surface area contributed by atoms with Crippen LogP contribution in [0.5, 0.6) is 0 Å². The van der Waals surface area contributed by atoms with Crippen LogP contribution in [0.4, 0.5) is 11.4 Å². The topological polar surface area (TPSA) is 51.5 Å². The minimum Gasteiger partial charge on any atom is -0.351 e. The second kappa shape index (κ2) is 5.17. The Labute approximate surface area is 137 Å². The summed E-state index contributed by atoms with van der Waals surface area (Å²) < 4.78 is 0.975. The summed E-state index contributed by atoms with van der Waals surface area (Å²) in [5, 5.41) is 0. The lowest BCUT2D eigenvalue weighted by Crippen LogP contribution is -2.52. The van der Waals surface area contributed by atoms with Crippen LogP contribution < -0.4 is 4.90 Å². The van der Waals surface area contributed by atoms with Crippen molar-refractivity contribution in [1.82, 2.24) is 9.80 Å². The lowest BCUT2D eigenvalue weighted by molar-refractivity contribution is -0.115. The fourth-order valence-electron chi connectivity index (χ4n) is 3.00. The zero-order chi connectivity index (χ0) is 15.3. The quantitative estimate of drug-likeness (QED) is 0.702. The summed E-state index contributed by atoms with van der Waals surface area (Å²) in [5.74, 6) is 1.42. The highest BCUT2D eigenvalue weighted by Crippen LogP contribution is 2.37. The Bertz CT molecular complexity index is 706. The van der Waals surface area contributed by atoms with E-state index < -0.39 is 0 Å². The number of hydrogen-bond acceptors (Lipinski definition) is 5. The minimum absolute atomic E-state index is 0.107. The Morgan fingerprint density at radius 3 is 2.64 bits per heavy atom. The van der Waals surface area contributed by atoms with Crippen LogP contribution in [0, 0.1) is 0 Å². The highest BCUT2D eigenvalue weighted by atomic mass is 79.9. The van der Waals surface area contributed by atoms with Gasteiger partial charge in [-0.1, -0.05) is 15.9 Å². The predicted molar refractivity (Wildman–Crippen MR) is 90.1 cm³/mol. The summed E-state index contributed by atoms with van der Waals surface area (Å²) in [7, 11) is 2.12. The van der Waals surface area contributed by atoms with Crippen molar-refractivity contribution in [2.45, 2.75) is 0 Å². The van der Waals surface area contributed by atoms with Crippen molar-refractivity contribution < 1.29 is 4.79 Å². The van der Waals surface area contributed by atoms with Crippen molar-refractivity contribution >= 4 is 44.9 Å². The van der Waals surface area contributed by atoms with Crippen LogP contribution >= 0.6 is 15.9 Å². The van der Waals surface area contributed by atoms with Gasteiger partial charge < -0.3 is 14.7 Å². The molecule has 1 fully saturated rings. The Kier molecular flexibility index (Phi) is 3.27. The third-order valence-corrected chi connectivity index (χ3v) is 4.73. The number of anilines is 1. The second-order valence-electron chi connectivity index (χ2n) is 5.77. The van der Waals surface area contributed by atoms with Gasteiger partial charge in [-0.05, 0) is 25.2 Å². The van der Waals surface area contributed by atoms with Crippen LogP contribution in [0.2, 0.25) is 0 Å². The molecular weight excluding hydrogens is 346 g/mol. The number of amidine groups is 2. The van der Waals surface area contributed by atoms with Gasteiger partial charge in [0, 0.05) is 30.7 Å². The molecular formula is C15H16BrN5O. The molecule has 3 aliphatic rings. The molecule has 0 aliphatic carbocycles. The maximum atomic E-state index is 11.9. The van der Waals surface area contributed by atoms with Gasteiger partial charge in [0.25, 0.3) is 5.91 Å². The molecule has 0 unspecified atom stereocenters. The summed E-state index contributed by atoms with van der Waals surface area (Å²) in [6.07, 6.45) is 0. The second-order valence-corrected chi connectivity index (χ2v) is 6.69. The number of rotatable bonds is 0. The molecule has 3 heterocycles. The van der Waals surface area contributed by atoms with Crippen LogP contribution in [0.15, 0.2) is 32.7 Å². The fourth-order valence-corrected chi connectivity index (χ4v) is 3.34. The summed E-state index contributed by atoms with van der Waals surface area (Å²) in [5.41, 5.74) is 1.84. The Morgan fingerprint density at radius 2 is 1.86 bits per heavy atom. The van der Waals surface area contributed by atoms with Crippen molar-refractivity contribution in [2.24, 2.45) is 9.98 Å². The lowest BCUT2D eigenvalue weighted by Gasteiger charge is -2.37. The Hall–Kier alpha value is -1.73. The van der Waals surface area contributed by atoms with Gasteiger partial charge in [-0.2, -0.15) is 4.99 Å². The smallest absolute Gasteiger partial charge is 0.267 e. The van der Waals surface area contributed by atoms with Crippen LogP contribution in [0.3, 0.4) is 0 Å². The highest BCUT2D eigenvalue weighted by molar-refractivity contribution is 9.10. The molecule has 0 bridgehead atoms. The van der Waals surface area contributed by atoms with Crippen LogP contribution in [-0.4, -0.2) is 67.1 Å². The molecule has 0 radical (unpaired) electrons. The fraction of sp³-hybridized carbons (Fsp3) is 0.400. The number of fused-ring (bicyclic) bond motifs is 3. The van der Waals surface area contributed by atoms with E-state index in [0.29, 0.717) is 12.4 Å². The number of aliphatic imine (C=N–C) groups is 2. The predicted octanol–water partition coefficient (Wildman–Crippen LogP) is 1.49. The Balaban J connectivity index is 1.78. The zero-order valence-electron chi connectivity index (χ0n) is 12.3. The van der Waals surface area contributed by atoms with E-state index in [2.05, 4.69) is 37.8 Å². The molecule has 1 aromatic rings. The number of benzene rings is 1. The van der Waals surface area contributed by atoms with Crippen molar-refractivity contribution in [3.05, 3.63) is 22.7 Å². The minimum atomic E-state index is -0.107. The van der Waals surface area contributed by atoms with Crippen LogP contribution in [-0.2, 0) is 4.79 Å². The number of amides is 1. The van der Waals surface area contributed by atoms with Gasteiger partial charge >= 0.3 is 0 Å². The van der Waals surface area contributed by atoms with Crippen molar-refractivity contribution in [3.8, 4) is 0 Å². The third kappa shape index (κ3) is 2.24. The first kappa shape index (κ1) is 13.9. The lowest BCUT2D eigenvalue weighted by atomic mass is 10.2. The van der Waals surface area contributed by atoms with E-state index in [1.807, 2.05) is 23.1 Å². The molecule has 6 nitrogen and oxygen atoms in total. The number of carbonyl (C=O) groups is 1. The average molecular weight is 362 g/mol. The van der Waals surface area contributed by atoms with Crippen LogP contribution in [0.1, 0.15) is 0 Å². The van der Waals surface area contributed by atoms with E-state index in [0.717, 1.165) is 47.9 Å². The molecule has 4 rings (SSSR count). The van der Waals surface area contributed by atoms with Gasteiger partial charge in [-0.15, -0.1) is 0 Å². The molecule has 0 spiro atoms. The first-order valence-electron chi connectivity index (χ1n) is 7.33. The average Bonchev–Trinajstić information content (AvgIpc) is 2.89. The van der Waals surface area contributed by atoms with Gasteiger partial charge in [0.15, 0.2) is 11.7 Å². The van der Waals surface area contributed by atoms with Crippen molar-refractivity contribution in [3.63, 3.8) is 0 Å². The van der Waals surface area contributed by atoms with Crippen molar-refractivity contribution in [2.75, 3.05) is 44.7 Å². The van der Waals surface area contributed by atoms with Crippen LogP contribution in [0.25, 0.3) is 0 Å². The molecule has 1 saturated heterocycles. The molecule has 1 aromatic carbocycles. The zero-order valence-corrected chi connectivity index (χ0v) is 13.9.